The summed E-state index contributed by atoms with van der Waals surface area (Å²) in [4.78, 5) is 15.2. The Morgan fingerprint density at radius 2 is 1.29 bits per heavy atom. The lowest BCUT2D eigenvalue weighted by atomic mass is 10.1. The molecule has 0 amide bonds. The van der Waals surface area contributed by atoms with E-state index in [-0.39, 0.29) is 34.0 Å². The van der Waals surface area contributed by atoms with Crippen molar-refractivity contribution in [2.45, 2.75) is 61.2 Å². The van der Waals surface area contributed by atoms with Crippen LogP contribution in [0.5, 0.6) is 23.0 Å². The first-order valence-electron chi connectivity index (χ1n) is 19.6. The van der Waals surface area contributed by atoms with Gasteiger partial charge in [0.15, 0.2) is 45.4 Å². The van der Waals surface area contributed by atoms with E-state index in [4.69, 9.17) is 66.6 Å². The molecule has 0 bridgehead atoms. The van der Waals surface area contributed by atoms with Crippen molar-refractivity contribution < 1.29 is 27.7 Å². The van der Waals surface area contributed by atoms with Gasteiger partial charge < -0.3 is 28.9 Å². The summed E-state index contributed by atoms with van der Waals surface area (Å²) >= 11 is 26.2. The number of para-hydroxylation sites is 2. The lowest BCUT2D eigenvalue weighted by Crippen LogP contribution is -2.19. The smallest absolute Gasteiger partial charge is 0.189 e. The number of nitrogens with one attached hydrogen (secondary N) is 2. The summed E-state index contributed by atoms with van der Waals surface area (Å²) in [6.45, 7) is 1.32. The molecule has 6 heterocycles. The number of benzene rings is 4. The van der Waals surface area contributed by atoms with Crippen LogP contribution < -0.4 is 9.47 Å². The number of thioether (sulfide) groups is 2. The quantitative estimate of drug-likeness (QED) is 0.0651. The summed E-state index contributed by atoms with van der Waals surface area (Å²) in [6, 6.07) is 13.7. The molecular formula is C42H36Cl2F2N8O4S4. The second-order valence-electron chi connectivity index (χ2n) is 14.4. The fourth-order valence-corrected chi connectivity index (χ4v) is 9.49. The van der Waals surface area contributed by atoms with Gasteiger partial charge in [-0.05, 0) is 87.5 Å². The SMILES string of the molecule is CSc1nc(SC)c2cccc(Oc3c(Cl)c(F)cc4c3cnn4C3CCCCO3)c2n1.Fc1cc2c(cnn2C2CCCCO2)c(Oc2cccc3c(=S)[nH]c(=S)[nH]c23)c1Cl. The van der Waals surface area contributed by atoms with Gasteiger partial charge in [-0.1, -0.05) is 59.3 Å². The van der Waals surface area contributed by atoms with Crippen LogP contribution in [0.2, 0.25) is 10.0 Å². The molecule has 2 aliphatic heterocycles. The molecule has 12 nitrogen and oxygen atoms in total. The van der Waals surface area contributed by atoms with E-state index in [1.165, 1.54) is 35.7 Å². The molecular weight excluding hydrogens is 918 g/mol. The Morgan fingerprint density at radius 1 is 0.726 bits per heavy atom. The van der Waals surface area contributed by atoms with Gasteiger partial charge in [0.1, 0.15) is 36.9 Å². The van der Waals surface area contributed by atoms with E-state index in [9.17, 15) is 8.78 Å². The molecule has 0 aliphatic carbocycles. The van der Waals surface area contributed by atoms with Gasteiger partial charge in [0, 0.05) is 36.1 Å². The lowest BCUT2D eigenvalue weighted by molar-refractivity contribution is -0.0368. The zero-order valence-electron chi connectivity index (χ0n) is 33.0. The molecule has 4 aromatic heterocycles. The van der Waals surface area contributed by atoms with E-state index in [0.29, 0.717) is 72.1 Å². The summed E-state index contributed by atoms with van der Waals surface area (Å²) in [6.07, 6.45) is 12.4. The van der Waals surface area contributed by atoms with E-state index < -0.39 is 11.6 Å². The number of hydrogen-bond acceptors (Lipinski definition) is 12. The van der Waals surface area contributed by atoms with Gasteiger partial charge in [-0.15, -0.1) is 11.8 Å². The zero-order valence-corrected chi connectivity index (χ0v) is 37.8. The molecule has 20 heteroatoms. The van der Waals surface area contributed by atoms with E-state index >= 15 is 0 Å². The first-order chi connectivity index (χ1) is 30.1. The molecule has 2 unspecified atom stereocenters. The summed E-state index contributed by atoms with van der Waals surface area (Å²) in [5, 5.41) is 13.0. The number of aromatic amines is 2. The molecule has 4 aromatic carbocycles. The maximum Gasteiger partial charge on any atom is 0.189 e. The Morgan fingerprint density at radius 3 is 1.84 bits per heavy atom. The minimum absolute atomic E-state index is 0.0946. The van der Waals surface area contributed by atoms with Gasteiger partial charge in [-0.3, -0.25) is 0 Å². The summed E-state index contributed by atoms with van der Waals surface area (Å²) < 4.78 is 57.9. The third-order valence-corrected chi connectivity index (χ3v) is 13.0. The highest BCUT2D eigenvalue weighted by atomic mass is 35.5. The van der Waals surface area contributed by atoms with E-state index in [1.54, 1.807) is 40.0 Å². The maximum atomic E-state index is 14.9. The number of aromatic nitrogens is 8. The van der Waals surface area contributed by atoms with Crippen LogP contribution in [0.4, 0.5) is 8.78 Å². The number of fused-ring (bicyclic) bond motifs is 4. The molecule has 2 saturated heterocycles. The molecule has 2 fully saturated rings. The Kier molecular flexibility index (Phi) is 12.7. The first kappa shape index (κ1) is 42.9. The number of hydrogen-bond donors (Lipinski definition) is 2. The van der Waals surface area contributed by atoms with Crippen LogP contribution in [0.3, 0.4) is 0 Å². The van der Waals surface area contributed by atoms with Crippen LogP contribution in [-0.2, 0) is 9.47 Å². The highest BCUT2D eigenvalue weighted by Crippen LogP contribution is 2.44. The average molecular weight is 954 g/mol. The molecule has 0 saturated carbocycles. The first-order valence-corrected chi connectivity index (χ1v) is 23.6. The fraction of sp³-hybridized carbons (Fsp3) is 0.286. The van der Waals surface area contributed by atoms with Crippen molar-refractivity contribution in [2.75, 3.05) is 25.7 Å². The molecule has 2 aliphatic rings. The van der Waals surface area contributed by atoms with Crippen molar-refractivity contribution >= 4 is 115 Å². The van der Waals surface area contributed by atoms with Crippen LogP contribution in [0, 0.1) is 21.0 Å². The lowest BCUT2D eigenvalue weighted by Gasteiger charge is -2.23. The van der Waals surface area contributed by atoms with Crippen molar-refractivity contribution in [3.05, 3.63) is 92.0 Å². The summed E-state index contributed by atoms with van der Waals surface area (Å²) in [5.74, 6) is 0.129. The monoisotopic (exact) mass is 952 g/mol. The van der Waals surface area contributed by atoms with Crippen molar-refractivity contribution in [1.82, 2.24) is 39.5 Å². The van der Waals surface area contributed by atoms with Crippen LogP contribution in [0.25, 0.3) is 43.6 Å². The normalized spacial score (nSPS) is 16.8. The molecule has 8 aromatic rings. The minimum Gasteiger partial charge on any atom is -0.453 e. The predicted molar refractivity (Wildman–Crippen MR) is 245 cm³/mol. The molecule has 320 valence electrons. The number of halogens is 4. The molecule has 0 spiro atoms. The number of nitrogens with zero attached hydrogens (tertiary/aromatic N) is 6. The van der Waals surface area contributed by atoms with Gasteiger partial charge in [0.25, 0.3) is 0 Å². The summed E-state index contributed by atoms with van der Waals surface area (Å²) in [7, 11) is 0. The predicted octanol–water partition coefficient (Wildman–Crippen LogP) is 13.3. The Bertz CT molecular complexity index is 3120. The molecule has 0 radical (unpaired) electrons. The van der Waals surface area contributed by atoms with E-state index in [2.05, 4.69) is 30.1 Å². The molecule has 10 rings (SSSR count). The zero-order chi connectivity index (χ0) is 43.1. The Labute approximate surface area is 381 Å². The number of rotatable bonds is 8. The molecule has 2 N–H and O–H groups in total. The molecule has 62 heavy (non-hydrogen) atoms. The maximum absolute atomic E-state index is 14.9. The van der Waals surface area contributed by atoms with Crippen molar-refractivity contribution in [3.8, 4) is 23.0 Å². The van der Waals surface area contributed by atoms with Gasteiger partial charge in [0.2, 0.25) is 0 Å². The summed E-state index contributed by atoms with van der Waals surface area (Å²) in [5.41, 5.74) is 2.39. The van der Waals surface area contributed by atoms with Gasteiger partial charge in [0.05, 0.1) is 39.7 Å². The van der Waals surface area contributed by atoms with Crippen molar-refractivity contribution in [3.63, 3.8) is 0 Å². The molecule has 2 atom stereocenters. The Hall–Kier alpha value is -4.40. The van der Waals surface area contributed by atoms with E-state index in [1.807, 2.05) is 30.7 Å². The van der Waals surface area contributed by atoms with Crippen LogP contribution in [0.15, 0.2) is 71.1 Å². The van der Waals surface area contributed by atoms with Gasteiger partial charge in [-0.2, -0.15) is 10.2 Å². The van der Waals surface area contributed by atoms with Crippen LogP contribution >= 0.6 is 71.2 Å². The average Bonchev–Trinajstić information content (AvgIpc) is 3.91. The fourth-order valence-electron chi connectivity index (χ4n) is 7.57. The largest absolute Gasteiger partial charge is 0.453 e. The number of ether oxygens (including phenoxy) is 4. The highest BCUT2D eigenvalue weighted by Gasteiger charge is 2.26. The van der Waals surface area contributed by atoms with Gasteiger partial charge >= 0.3 is 0 Å². The number of H-pyrrole nitrogens is 2. The van der Waals surface area contributed by atoms with E-state index in [0.717, 1.165) is 54.3 Å². The minimum atomic E-state index is -0.595. The third-order valence-electron chi connectivity index (χ3n) is 10.5. The third kappa shape index (κ3) is 8.27. The second-order valence-corrected chi connectivity index (χ2v) is 17.5. The van der Waals surface area contributed by atoms with Gasteiger partial charge in [-0.25, -0.2) is 28.1 Å². The van der Waals surface area contributed by atoms with Crippen molar-refractivity contribution in [2.24, 2.45) is 0 Å². The topological polar surface area (TPSA) is 130 Å². The van der Waals surface area contributed by atoms with Crippen LogP contribution in [0.1, 0.15) is 51.0 Å². The Balaban J connectivity index is 0.000000158. The second kappa shape index (κ2) is 18.4. The van der Waals surface area contributed by atoms with Crippen LogP contribution in [-0.4, -0.2) is 65.2 Å². The standard InChI is InChI=1S/C22H20ClFN4O2S2.C20H16ClFN4O2S2/c1-31-21-12-6-5-7-16(19(12)26-22(27-21)32-2)30-20-13-11-25-28(17-8-3-4-9-29-17)15(13)10-14(24)18(20)23;21-16-12(22)8-13-11(9-23-26(13)15-6-1-2-7-27-15)18(16)28-14-5-3-4-10-17(14)24-20(30)25-19(10)29/h5-7,10-11,17H,3-4,8-9H2,1-2H3;3-5,8-9,15H,1-2,6-7H2,(H2,24,25,29,30). The highest BCUT2D eigenvalue weighted by molar-refractivity contribution is 7.99. The van der Waals surface area contributed by atoms with Crippen molar-refractivity contribution in [1.29, 1.82) is 0 Å².